The van der Waals surface area contributed by atoms with Gasteiger partial charge in [0.15, 0.2) is 9.84 Å². The van der Waals surface area contributed by atoms with Gasteiger partial charge in [-0.1, -0.05) is 0 Å². The first-order chi connectivity index (χ1) is 8.51. The van der Waals surface area contributed by atoms with E-state index >= 15 is 0 Å². The van der Waals surface area contributed by atoms with Gasteiger partial charge in [0.25, 0.3) is 0 Å². The fraction of sp³-hybridized carbons (Fsp3) is 1.00. The van der Waals surface area contributed by atoms with E-state index in [1.54, 1.807) is 0 Å². The Balaban J connectivity index is 1.80. The highest BCUT2D eigenvalue weighted by molar-refractivity contribution is 7.92. The molecule has 1 unspecified atom stereocenters. The number of nitrogens with two attached hydrogens (primary N) is 1. The van der Waals surface area contributed by atoms with Gasteiger partial charge in [0.1, 0.15) is 0 Å². The summed E-state index contributed by atoms with van der Waals surface area (Å²) in [4.78, 5) is 0. The lowest BCUT2D eigenvalue weighted by atomic mass is 9.51. The molecule has 4 heteroatoms. The zero-order chi connectivity index (χ0) is 12.9. The first kappa shape index (κ1) is 12.9. The Morgan fingerprint density at radius 2 is 1.56 bits per heavy atom. The minimum Gasteiger partial charge on any atom is -0.329 e. The van der Waals surface area contributed by atoms with E-state index in [-0.39, 0.29) is 17.5 Å². The molecule has 4 bridgehead atoms. The average Bonchev–Trinajstić information content (AvgIpc) is 2.27. The highest BCUT2D eigenvalue weighted by Crippen LogP contribution is 2.58. The van der Waals surface area contributed by atoms with Crippen LogP contribution in [0.25, 0.3) is 0 Å². The topological polar surface area (TPSA) is 60.2 Å². The Bertz CT molecular complexity index is 390. The minimum atomic E-state index is -2.98. The summed E-state index contributed by atoms with van der Waals surface area (Å²) < 4.78 is 24.5. The fourth-order valence-corrected chi connectivity index (χ4v) is 6.95. The molecule has 104 valence electrons. The third-order valence-electron chi connectivity index (χ3n) is 5.81. The van der Waals surface area contributed by atoms with Gasteiger partial charge in [-0.25, -0.2) is 8.42 Å². The maximum atomic E-state index is 12.3. The van der Waals surface area contributed by atoms with E-state index in [2.05, 4.69) is 0 Å². The number of sulfone groups is 1. The average molecular weight is 271 g/mol. The molecule has 0 amide bonds. The highest BCUT2D eigenvalue weighted by atomic mass is 32.2. The summed E-state index contributed by atoms with van der Waals surface area (Å²) in [6.45, 7) is 2.21. The van der Waals surface area contributed by atoms with Crippen molar-refractivity contribution in [2.45, 2.75) is 44.3 Å². The number of hydrogen-bond acceptors (Lipinski definition) is 3. The molecule has 0 saturated heterocycles. The summed E-state index contributed by atoms with van der Waals surface area (Å²) in [5.74, 6) is 3.78. The molecule has 0 aliphatic heterocycles. The van der Waals surface area contributed by atoms with Crippen molar-refractivity contribution in [1.29, 1.82) is 0 Å². The van der Waals surface area contributed by atoms with Gasteiger partial charge in [-0.2, -0.15) is 0 Å². The van der Waals surface area contributed by atoms with Gasteiger partial charge in [-0.3, -0.25) is 0 Å². The predicted octanol–water partition coefficient (Wildman–Crippen LogP) is 1.82. The lowest BCUT2D eigenvalue weighted by Gasteiger charge is -2.55. The van der Waals surface area contributed by atoms with Crippen LogP contribution >= 0.6 is 0 Å². The lowest BCUT2D eigenvalue weighted by Crippen LogP contribution is -2.50. The molecule has 18 heavy (non-hydrogen) atoms. The normalized spacial score (nSPS) is 44.2. The summed E-state index contributed by atoms with van der Waals surface area (Å²) in [6.07, 6.45) is 6.59. The van der Waals surface area contributed by atoms with Crippen LogP contribution in [-0.4, -0.2) is 26.0 Å². The highest BCUT2D eigenvalue weighted by Gasteiger charge is 2.51. The molecular weight excluding hydrogens is 246 g/mol. The molecule has 2 N–H and O–H groups in total. The monoisotopic (exact) mass is 271 g/mol. The molecule has 0 aromatic rings. The third-order valence-corrected chi connectivity index (χ3v) is 8.06. The number of hydrogen-bond donors (Lipinski definition) is 1. The molecule has 4 fully saturated rings. The van der Waals surface area contributed by atoms with E-state index in [9.17, 15) is 8.42 Å². The van der Waals surface area contributed by atoms with Crippen LogP contribution in [0.5, 0.6) is 0 Å². The molecule has 4 aliphatic rings. The van der Waals surface area contributed by atoms with Crippen LogP contribution in [0, 0.1) is 29.6 Å². The van der Waals surface area contributed by atoms with Crippen molar-refractivity contribution < 1.29 is 8.42 Å². The molecule has 0 radical (unpaired) electrons. The molecule has 4 rings (SSSR count). The van der Waals surface area contributed by atoms with Gasteiger partial charge < -0.3 is 5.73 Å². The number of rotatable bonds is 4. The second-order valence-electron chi connectivity index (χ2n) is 6.87. The molecular formula is C14H25NO2S. The molecule has 4 saturated carbocycles. The summed E-state index contributed by atoms with van der Waals surface area (Å²) in [5.41, 5.74) is 5.45. The van der Waals surface area contributed by atoms with Crippen LogP contribution in [0.3, 0.4) is 0 Å². The van der Waals surface area contributed by atoms with Crippen molar-refractivity contribution in [1.82, 2.24) is 0 Å². The van der Waals surface area contributed by atoms with E-state index in [0.717, 1.165) is 11.8 Å². The van der Waals surface area contributed by atoms with Gasteiger partial charge in [0, 0.05) is 6.54 Å². The quantitative estimate of drug-likeness (QED) is 0.848. The first-order valence-corrected chi connectivity index (χ1v) is 9.14. The molecule has 3 nitrogen and oxygen atoms in total. The van der Waals surface area contributed by atoms with Crippen molar-refractivity contribution in [3.05, 3.63) is 0 Å². The predicted molar refractivity (Wildman–Crippen MR) is 72.8 cm³/mol. The van der Waals surface area contributed by atoms with Crippen molar-refractivity contribution in [2.24, 2.45) is 35.3 Å². The lowest BCUT2D eigenvalue weighted by molar-refractivity contribution is -0.0361. The van der Waals surface area contributed by atoms with Crippen LogP contribution in [0.1, 0.15) is 39.0 Å². The Morgan fingerprint density at radius 1 is 1.06 bits per heavy atom. The fourth-order valence-electron chi connectivity index (χ4n) is 5.32. The molecule has 0 aromatic heterocycles. The molecule has 0 spiro atoms. The smallest absolute Gasteiger partial charge is 0.154 e. The molecule has 0 heterocycles. The van der Waals surface area contributed by atoms with E-state index in [4.69, 9.17) is 5.73 Å². The van der Waals surface area contributed by atoms with Gasteiger partial charge in [0.05, 0.1) is 11.0 Å². The van der Waals surface area contributed by atoms with Crippen molar-refractivity contribution in [3.8, 4) is 0 Å². The van der Waals surface area contributed by atoms with E-state index < -0.39 is 9.84 Å². The van der Waals surface area contributed by atoms with Crippen LogP contribution in [-0.2, 0) is 9.84 Å². The maximum absolute atomic E-state index is 12.3. The Labute approximate surface area is 110 Å². The van der Waals surface area contributed by atoms with Crippen molar-refractivity contribution in [3.63, 3.8) is 0 Å². The van der Waals surface area contributed by atoms with E-state index in [0.29, 0.717) is 17.8 Å². The molecule has 1 atom stereocenters. The SMILES string of the molecule is CC(C1C2CC3CC(C2)CC1C3)S(=O)(=O)CCN. The minimum absolute atomic E-state index is 0.164. The van der Waals surface area contributed by atoms with E-state index in [1.165, 1.54) is 32.1 Å². The third kappa shape index (κ3) is 2.01. The van der Waals surface area contributed by atoms with Gasteiger partial charge >= 0.3 is 0 Å². The van der Waals surface area contributed by atoms with Crippen molar-refractivity contribution >= 4 is 9.84 Å². The van der Waals surface area contributed by atoms with Gasteiger partial charge in [0.2, 0.25) is 0 Å². The summed E-state index contributed by atoms with van der Waals surface area (Å²) in [5, 5.41) is -0.170. The zero-order valence-corrected chi connectivity index (χ0v) is 12.0. The zero-order valence-electron chi connectivity index (χ0n) is 11.2. The second-order valence-corrected chi connectivity index (χ2v) is 9.35. The van der Waals surface area contributed by atoms with Crippen molar-refractivity contribution in [2.75, 3.05) is 12.3 Å². The standard InChI is InChI=1S/C14H25NO2S/c1-9(18(16,17)3-2-15)14-12-5-10-4-11(7-12)8-13(14)6-10/h9-14H,2-8,15H2,1H3. The largest absolute Gasteiger partial charge is 0.329 e. The summed E-state index contributed by atoms with van der Waals surface area (Å²) in [6, 6.07) is 0. The van der Waals surface area contributed by atoms with Crippen LogP contribution < -0.4 is 5.73 Å². The second kappa shape index (κ2) is 4.48. The maximum Gasteiger partial charge on any atom is 0.154 e. The molecule has 4 aliphatic carbocycles. The van der Waals surface area contributed by atoms with Gasteiger partial charge in [-0.15, -0.1) is 0 Å². The van der Waals surface area contributed by atoms with E-state index in [1.807, 2.05) is 6.92 Å². The summed E-state index contributed by atoms with van der Waals surface area (Å²) >= 11 is 0. The summed E-state index contributed by atoms with van der Waals surface area (Å²) in [7, 11) is -2.98. The Kier molecular flexibility index (Phi) is 3.22. The Hall–Kier alpha value is -0.0900. The van der Waals surface area contributed by atoms with Gasteiger partial charge in [-0.05, 0) is 68.6 Å². The Morgan fingerprint density at radius 3 is 2.00 bits per heavy atom. The van der Waals surface area contributed by atoms with Crippen LogP contribution in [0.15, 0.2) is 0 Å². The molecule has 0 aromatic carbocycles. The van der Waals surface area contributed by atoms with Crippen LogP contribution in [0.4, 0.5) is 0 Å². The van der Waals surface area contributed by atoms with Crippen LogP contribution in [0.2, 0.25) is 0 Å². The first-order valence-electron chi connectivity index (χ1n) is 7.43.